The van der Waals surface area contributed by atoms with Gasteiger partial charge in [-0.15, -0.1) is 23.7 Å². The molecule has 0 bridgehead atoms. The standard InChI is InChI=1S/C18H14BrN3O2S.ClH/c1-23-13-7-12-15(8-14(13)24-2)25-17-16(12)20-9-21-18(17)22-11-5-3-4-10(19)6-11;/h3-9H,1-2H3,(H,20,21,22);1H. The average Bonchev–Trinajstić information content (AvgIpc) is 2.99. The van der Waals surface area contributed by atoms with Gasteiger partial charge in [0.05, 0.1) is 24.4 Å². The van der Waals surface area contributed by atoms with Crippen molar-refractivity contribution in [1.82, 2.24) is 9.97 Å². The second kappa shape index (κ2) is 7.65. The summed E-state index contributed by atoms with van der Waals surface area (Å²) in [5.74, 6) is 2.17. The van der Waals surface area contributed by atoms with Crippen molar-refractivity contribution in [3.8, 4) is 11.5 Å². The molecule has 0 unspecified atom stereocenters. The number of halogens is 2. The van der Waals surface area contributed by atoms with Gasteiger partial charge in [0.2, 0.25) is 0 Å². The fourth-order valence-electron chi connectivity index (χ4n) is 2.69. The molecule has 8 heteroatoms. The van der Waals surface area contributed by atoms with Gasteiger partial charge in [0.1, 0.15) is 6.33 Å². The lowest BCUT2D eigenvalue weighted by Crippen LogP contribution is -1.94. The van der Waals surface area contributed by atoms with Crippen LogP contribution in [0.25, 0.3) is 20.3 Å². The van der Waals surface area contributed by atoms with Crippen LogP contribution in [0.15, 0.2) is 47.2 Å². The van der Waals surface area contributed by atoms with Crippen LogP contribution in [0.2, 0.25) is 0 Å². The van der Waals surface area contributed by atoms with Crippen LogP contribution in [0.3, 0.4) is 0 Å². The lowest BCUT2D eigenvalue weighted by atomic mass is 10.2. The lowest BCUT2D eigenvalue weighted by Gasteiger charge is -2.07. The molecule has 0 aliphatic carbocycles. The Kier molecular flexibility index (Phi) is 5.50. The van der Waals surface area contributed by atoms with Crippen LogP contribution in [0.5, 0.6) is 11.5 Å². The van der Waals surface area contributed by atoms with Gasteiger partial charge in [-0.25, -0.2) is 9.97 Å². The monoisotopic (exact) mass is 451 g/mol. The summed E-state index contributed by atoms with van der Waals surface area (Å²) in [7, 11) is 3.27. The van der Waals surface area contributed by atoms with E-state index in [-0.39, 0.29) is 12.4 Å². The number of nitrogens with zero attached hydrogens (tertiary/aromatic N) is 2. The van der Waals surface area contributed by atoms with E-state index in [0.717, 1.165) is 36.3 Å². The summed E-state index contributed by atoms with van der Waals surface area (Å²) in [6, 6.07) is 11.9. The van der Waals surface area contributed by atoms with E-state index in [1.54, 1.807) is 31.9 Å². The van der Waals surface area contributed by atoms with Gasteiger partial charge in [0, 0.05) is 26.3 Å². The summed E-state index contributed by atoms with van der Waals surface area (Å²) in [6.07, 6.45) is 1.57. The lowest BCUT2D eigenvalue weighted by molar-refractivity contribution is 0.356. The van der Waals surface area contributed by atoms with E-state index < -0.39 is 0 Å². The Bertz CT molecular complexity index is 1090. The smallest absolute Gasteiger partial charge is 0.162 e. The molecular weight excluding hydrogens is 438 g/mol. The number of rotatable bonds is 4. The number of fused-ring (bicyclic) bond motifs is 3. The molecular formula is C18H15BrClN3O2S. The molecule has 0 amide bonds. The van der Waals surface area contributed by atoms with Crippen LogP contribution < -0.4 is 14.8 Å². The maximum Gasteiger partial charge on any atom is 0.162 e. The minimum Gasteiger partial charge on any atom is -0.493 e. The molecule has 0 aliphatic heterocycles. The zero-order chi connectivity index (χ0) is 17.4. The minimum absolute atomic E-state index is 0. The Morgan fingerprint density at radius 1 is 1.04 bits per heavy atom. The summed E-state index contributed by atoms with van der Waals surface area (Å²) in [5, 5.41) is 4.40. The highest BCUT2D eigenvalue weighted by Gasteiger charge is 2.15. The van der Waals surface area contributed by atoms with Crippen LogP contribution in [-0.4, -0.2) is 24.2 Å². The first kappa shape index (κ1) is 18.7. The third kappa shape index (κ3) is 3.30. The molecule has 0 atom stereocenters. The van der Waals surface area contributed by atoms with Gasteiger partial charge in [-0.05, 0) is 24.3 Å². The minimum atomic E-state index is 0. The molecule has 1 N–H and O–H groups in total. The molecule has 0 radical (unpaired) electrons. The average molecular weight is 453 g/mol. The van der Waals surface area contributed by atoms with Crippen molar-refractivity contribution >= 4 is 71.5 Å². The molecule has 0 saturated carbocycles. The number of thiophene rings is 1. The van der Waals surface area contributed by atoms with Crippen molar-refractivity contribution in [3.63, 3.8) is 0 Å². The highest BCUT2D eigenvalue weighted by molar-refractivity contribution is 9.10. The number of benzene rings is 2. The first-order valence-electron chi connectivity index (χ1n) is 7.51. The Morgan fingerprint density at radius 2 is 1.81 bits per heavy atom. The van der Waals surface area contributed by atoms with Gasteiger partial charge < -0.3 is 14.8 Å². The number of aromatic nitrogens is 2. The molecule has 2 aromatic heterocycles. The Labute approximate surface area is 168 Å². The molecule has 0 spiro atoms. The molecule has 26 heavy (non-hydrogen) atoms. The number of ether oxygens (including phenoxy) is 2. The Balaban J connectivity index is 0.00000196. The number of hydrogen-bond acceptors (Lipinski definition) is 6. The summed E-state index contributed by atoms with van der Waals surface area (Å²) in [6.45, 7) is 0. The Morgan fingerprint density at radius 3 is 2.54 bits per heavy atom. The van der Waals surface area contributed by atoms with E-state index in [2.05, 4.69) is 31.2 Å². The quantitative estimate of drug-likeness (QED) is 0.425. The predicted octanol–water partition coefficient (Wildman–Crippen LogP) is 5.79. The second-order valence-electron chi connectivity index (χ2n) is 5.34. The molecule has 4 rings (SSSR count). The first-order valence-corrected chi connectivity index (χ1v) is 9.12. The van der Waals surface area contributed by atoms with E-state index in [1.807, 2.05) is 36.4 Å². The van der Waals surface area contributed by atoms with E-state index in [9.17, 15) is 0 Å². The molecule has 0 aliphatic rings. The van der Waals surface area contributed by atoms with E-state index in [4.69, 9.17) is 9.47 Å². The topological polar surface area (TPSA) is 56.3 Å². The van der Waals surface area contributed by atoms with Gasteiger partial charge >= 0.3 is 0 Å². The number of nitrogens with one attached hydrogen (secondary N) is 1. The third-order valence-corrected chi connectivity index (χ3v) is 5.49. The van der Waals surface area contributed by atoms with Gasteiger partial charge in [0.15, 0.2) is 17.3 Å². The van der Waals surface area contributed by atoms with Crippen molar-refractivity contribution in [3.05, 3.63) is 47.2 Å². The molecule has 4 aromatic rings. The molecule has 0 saturated heterocycles. The Hall–Kier alpha value is -2.09. The summed E-state index contributed by atoms with van der Waals surface area (Å²) in [4.78, 5) is 8.90. The second-order valence-corrected chi connectivity index (χ2v) is 7.31. The number of hydrogen-bond donors (Lipinski definition) is 1. The van der Waals surface area contributed by atoms with Gasteiger partial charge in [-0.3, -0.25) is 0 Å². The highest BCUT2D eigenvalue weighted by atomic mass is 79.9. The molecule has 0 fully saturated rings. The van der Waals surface area contributed by atoms with E-state index >= 15 is 0 Å². The van der Waals surface area contributed by atoms with Crippen molar-refractivity contribution in [1.29, 1.82) is 0 Å². The van der Waals surface area contributed by atoms with E-state index in [0.29, 0.717) is 11.5 Å². The summed E-state index contributed by atoms with van der Waals surface area (Å²) >= 11 is 5.11. The maximum atomic E-state index is 5.42. The van der Waals surface area contributed by atoms with Gasteiger partial charge in [0.25, 0.3) is 0 Å². The summed E-state index contributed by atoms with van der Waals surface area (Å²) < 4.78 is 13.9. The number of anilines is 2. The fraction of sp³-hybridized carbons (Fsp3) is 0.111. The van der Waals surface area contributed by atoms with Gasteiger partial charge in [-0.1, -0.05) is 22.0 Å². The first-order chi connectivity index (χ1) is 12.2. The van der Waals surface area contributed by atoms with Crippen molar-refractivity contribution in [2.75, 3.05) is 19.5 Å². The van der Waals surface area contributed by atoms with Crippen molar-refractivity contribution in [2.45, 2.75) is 0 Å². The summed E-state index contributed by atoms with van der Waals surface area (Å²) in [5.41, 5.74) is 1.86. The molecule has 134 valence electrons. The largest absolute Gasteiger partial charge is 0.493 e. The zero-order valence-corrected chi connectivity index (χ0v) is 17.2. The van der Waals surface area contributed by atoms with Crippen LogP contribution in [-0.2, 0) is 0 Å². The third-order valence-electron chi connectivity index (χ3n) is 3.84. The van der Waals surface area contributed by atoms with Crippen molar-refractivity contribution in [2.24, 2.45) is 0 Å². The molecule has 2 aromatic carbocycles. The zero-order valence-electron chi connectivity index (χ0n) is 13.9. The van der Waals surface area contributed by atoms with Crippen LogP contribution >= 0.6 is 39.7 Å². The predicted molar refractivity (Wildman–Crippen MR) is 113 cm³/mol. The SMILES string of the molecule is COc1cc2sc3c(Nc4cccc(Br)c4)ncnc3c2cc1OC.Cl. The fourth-order valence-corrected chi connectivity index (χ4v) is 4.20. The van der Waals surface area contributed by atoms with Gasteiger partial charge in [-0.2, -0.15) is 0 Å². The number of methoxy groups -OCH3 is 2. The van der Waals surface area contributed by atoms with Crippen molar-refractivity contribution < 1.29 is 9.47 Å². The highest BCUT2D eigenvalue weighted by Crippen LogP contribution is 2.42. The van der Waals surface area contributed by atoms with Crippen LogP contribution in [0.1, 0.15) is 0 Å². The molecule has 2 heterocycles. The van der Waals surface area contributed by atoms with Crippen LogP contribution in [0, 0.1) is 0 Å². The van der Waals surface area contributed by atoms with Crippen LogP contribution in [0.4, 0.5) is 11.5 Å². The normalized spacial score (nSPS) is 10.6. The maximum absolute atomic E-state index is 5.42. The molecule has 5 nitrogen and oxygen atoms in total. The van der Waals surface area contributed by atoms with E-state index in [1.165, 1.54) is 0 Å².